The van der Waals surface area contributed by atoms with Crippen LogP contribution in [0.2, 0.25) is 0 Å². The number of anilines is 2. The topological polar surface area (TPSA) is 42.7 Å². The second-order valence-electron chi connectivity index (χ2n) is 7.38. The number of aryl methyl sites for hydroxylation is 2. The Balaban J connectivity index is 1.66. The first-order valence-electron chi connectivity index (χ1n) is 9.33. The van der Waals surface area contributed by atoms with Crippen LogP contribution in [0.4, 0.5) is 11.5 Å². The maximum absolute atomic E-state index is 4.50. The Morgan fingerprint density at radius 3 is 2.80 bits per heavy atom. The van der Waals surface area contributed by atoms with E-state index >= 15 is 0 Å². The van der Waals surface area contributed by atoms with Crippen LogP contribution in [0.5, 0.6) is 0 Å². The van der Waals surface area contributed by atoms with Gasteiger partial charge in [0.2, 0.25) is 0 Å². The molecule has 1 aromatic carbocycles. The van der Waals surface area contributed by atoms with Gasteiger partial charge in [0, 0.05) is 18.9 Å². The second-order valence-corrected chi connectivity index (χ2v) is 7.38. The van der Waals surface area contributed by atoms with Gasteiger partial charge < -0.3 is 9.88 Å². The minimum Gasteiger partial charge on any atom is -0.346 e. The Morgan fingerprint density at radius 2 is 1.96 bits per heavy atom. The lowest BCUT2D eigenvalue weighted by atomic mass is 9.84. The Morgan fingerprint density at radius 1 is 1.12 bits per heavy atom. The molecule has 1 saturated carbocycles. The largest absolute Gasteiger partial charge is 0.346 e. The van der Waals surface area contributed by atoms with Crippen LogP contribution in [0, 0.1) is 12.8 Å². The van der Waals surface area contributed by atoms with Gasteiger partial charge in [0.1, 0.15) is 11.8 Å². The average molecular weight is 334 g/mol. The number of nitrogens with one attached hydrogen (secondary N) is 1. The summed E-state index contributed by atoms with van der Waals surface area (Å²) >= 11 is 0. The molecule has 0 radical (unpaired) electrons. The average Bonchev–Trinajstić information content (AvgIpc) is 3.00. The van der Waals surface area contributed by atoms with Crippen LogP contribution in [-0.2, 0) is 13.5 Å². The van der Waals surface area contributed by atoms with Crippen LogP contribution >= 0.6 is 0 Å². The molecule has 3 aromatic rings. The van der Waals surface area contributed by atoms with Crippen molar-refractivity contribution in [1.82, 2.24) is 14.5 Å². The van der Waals surface area contributed by atoms with Crippen LogP contribution < -0.4 is 5.32 Å². The number of fused-ring (bicyclic) bond motifs is 1. The monoisotopic (exact) mass is 334 g/mol. The lowest BCUT2D eigenvalue weighted by Crippen LogP contribution is -2.11. The highest BCUT2D eigenvalue weighted by Gasteiger charge is 2.17. The molecule has 4 nitrogen and oxygen atoms in total. The summed E-state index contributed by atoms with van der Waals surface area (Å²) in [6, 6.07) is 8.74. The predicted molar refractivity (Wildman–Crippen MR) is 103 cm³/mol. The summed E-state index contributed by atoms with van der Waals surface area (Å²) in [7, 11) is 2.04. The second kappa shape index (κ2) is 6.87. The molecular formula is C21H26N4. The van der Waals surface area contributed by atoms with E-state index in [2.05, 4.69) is 45.0 Å². The third kappa shape index (κ3) is 3.39. The van der Waals surface area contributed by atoms with Gasteiger partial charge in [-0.25, -0.2) is 9.97 Å². The molecule has 4 heteroatoms. The zero-order valence-corrected chi connectivity index (χ0v) is 15.1. The van der Waals surface area contributed by atoms with Crippen molar-refractivity contribution in [1.29, 1.82) is 0 Å². The third-order valence-electron chi connectivity index (χ3n) is 5.41. The molecule has 0 aliphatic heterocycles. The van der Waals surface area contributed by atoms with Crippen LogP contribution in [0.15, 0.2) is 36.8 Å². The van der Waals surface area contributed by atoms with E-state index in [0.29, 0.717) is 0 Å². The van der Waals surface area contributed by atoms with E-state index in [-0.39, 0.29) is 0 Å². The van der Waals surface area contributed by atoms with Crippen LogP contribution in [0.3, 0.4) is 0 Å². The van der Waals surface area contributed by atoms with Crippen LogP contribution in [0.1, 0.15) is 43.2 Å². The number of hydrogen-bond acceptors (Lipinski definition) is 3. The highest BCUT2D eigenvalue weighted by Crippen LogP contribution is 2.32. The van der Waals surface area contributed by atoms with Crippen LogP contribution in [0.25, 0.3) is 11.0 Å². The van der Waals surface area contributed by atoms with Crippen molar-refractivity contribution in [3.8, 4) is 0 Å². The molecular weight excluding hydrogens is 308 g/mol. The molecule has 1 fully saturated rings. The maximum Gasteiger partial charge on any atom is 0.158 e. The van der Waals surface area contributed by atoms with E-state index in [0.717, 1.165) is 29.2 Å². The van der Waals surface area contributed by atoms with E-state index in [1.165, 1.54) is 48.9 Å². The van der Waals surface area contributed by atoms with E-state index in [9.17, 15) is 0 Å². The number of benzene rings is 1. The van der Waals surface area contributed by atoms with E-state index in [1.54, 1.807) is 6.33 Å². The molecule has 0 spiro atoms. The van der Waals surface area contributed by atoms with Crippen molar-refractivity contribution in [3.05, 3.63) is 47.9 Å². The van der Waals surface area contributed by atoms with E-state index < -0.39 is 0 Å². The Labute approximate surface area is 149 Å². The Kier molecular flexibility index (Phi) is 4.43. The molecule has 0 bridgehead atoms. The molecule has 130 valence electrons. The van der Waals surface area contributed by atoms with Crippen LogP contribution in [-0.4, -0.2) is 14.5 Å². The first-order valence-corrected chi connectivity index (χ1v) is 9.33. The zero-order valence-electron chi connectivity index (χ0n) is 15.1. The summed E-state index contributed by atoms with van der Waals surface area (Å²) < 4.78 is 2.08. The first kappa shape index (κ1) is 16.1. The van der Waals surface area contributed by atoms with Crippen molar-refractivity contribution >= 4 is 22.5 Å². The Hall–Kier alpha value is -2.36. The van der Waals surface area contributed by atoms with Gasteiger partial charge >= 0.3 is 0 Å². The molecule has 0 unspecified atom stereocenters. The number of hydrogen-bond donors (Lipinski definition) is 1. The smallest absolute Gasteiger partial charge is 0.158 e. The van der Waals surface area contributed by atoms with Gasteiger partial charge in [0.05, 0.1) is 5.52 Å². The summed E-state index contributed by atoms with van der Waals surface area (Å²) in [4.78, 5) is 8.87. The van der Waals surface area contributed by atoms with Gasteiger partial charge in [-0.3, -0.25) is 0 Å². The standard InChI is InChI=1S/C21H26N4/c1-15-8-9-18(17(12-15)13-16-6-4-3-5-7-16)24-21-20-19(22-14-23-21)10-11-25(20)2/h8-12,14,16H,3-7,13H2,1-2H3,(H,22,23,24). The van der Waals surface area contributed by atoms with Gasteiger partial charge in [-0.15, -0.1) is 0 Å². The molecule has 0 atom stereocenters. The lowest BCUT2D eigenvalue weighted by molar-refractivity contribution is 0.357. The van der Waals surface area contributed by atoms with Crippen molar-refractivity contribution in [3.63, 3.8) is 0 Å². The van der Waals surface area contributed by atoms with Gasteiger partial charge in [-0.1, -0.05) is 49.8 Å². The van der Waals surface area contributed by atoms with Crippen molar-refractivity contribution in [2.45, 2.75) is 45.4 Å². The molecule has 1 aliphatic rings. The van der Waals surface area contributed by atoms with Gasteiger partial charge in [0.15, 0.2) is 5.82 Å². The van der Waals surface area contributed by atoms with E-state index in [1.807, 2.05) is 19.3 Å². The normalized spacial score (nSPS) is 15.6. The Bertz CT molecular complexity index is 875. The van der Waals surface area contributed by atoms with Crippen molar-refractivity contribution < 1.29 is 0 Å². The molecule has 0 amide bonds. The third-order valence-corrected chi connectivity index (χ3v) is 5.41. The number of aromatic nitrogens is 3. The quantitative estimate of drug-likeness (QED) is 0.718. The summed E-state index contributed by atoms with van der Waals surface area (Å²) in [5.74, 6) is 1.70. The minimum absolute atomic E-state index is 0.816. The molecule has 2 aromatic heterocycles. The first-order chi connectivity index (χ1) is 12.2. The molecule has 4 rings (SSSR count). The summed E-state index contributed by atoms with van der Waals surface area (Å²) in [5.41, 5.74) is 5.93. The highest BCUT2D eigenvalue weighted by molar-refractivity contribution is 5.88. The van der Waals surface area contributed by atoms with Crippen molar-refractivity contribution in [2.75, 3.05) is 5.32 Å². The fourth-order valence-electron chi connectivity index (χ4n) is 4.05. The van der Waals surface area contributed by atoms with Gasteiger partial charge in [-0.05, 0) is 37.0 Å². The molecule has 0 saturated heterocycles. The van der Waals surface area contributed by atoms with Gasteiger partial charge in [0.25, 0.3) is 0 Å². The minimum atomic E-state index is 0.816. The maximum atomic E-state index is 4.50. The van der Waals surface area contributed by atoms with E-state index in [4.69, 9.17) is 0 Å². The zero-order chi connectivity index (χ0) is 17.2. The predicted octanol–water partition coefficient (Wildman–Crippen LogP) is 5.14. The molecule has 1 aliphatic carbocycles. The van der Waals surface area contributed by atoms with Crippen molar-refractivity contribution in [2.24, 2.45) is 13.0 Å². The lowest BCUT2D eigenvalue weighted by Gasteiger charge is -2.23. The molecule has 25 heavy (non-hydrogen) atoms. The number of rotatable bonds is 4. The fourth-order valence-corrected chi connectivity index (χ4v) is 4.05. The summed E-state index contributed by atoms with van der Waals surface area (Å²) in [6.45, 7) is 2.17. The number of nitrogens with zero attached hydrogens (tertiary/aromatic N) is 3. The summed E-state index contributed by atoms with van der Waals surface area (Å²) in [6.07, 6.45) is 11.7. The molecule has 2 heterocycles. The molecule has 1 N–H and O–H groups in total. The summed E-state index contributed by atoms with van der Waals surface area (Å²) in [5, 5.41) is 3.59. The highest BCUT2D eigenvalue weighted by atomic mass is 15.1. The van der Waals surface area contributed by atoms with Gasteiger partial charge in [-0.2, -0.15) is 0 Å². The fraction of sp³-hybridized carbons (Fsp3) is 0.429. The SMILES string of the molecule is Cc1ccc(Nc2ncnc3ccn(C)c23)c(CC2CCCCC2)c1.